The van der Waals surface area contributed by atoms with Crippen molar-refractivity contribution >= 4 is 24.2 Å². The van der Waals surface area contributed by atoms with Gasteiger partial charge in [0.2, 0.25) is 0 Å². The number of carbonyl (C=O) groups is 2. The largest absolute Gasteiger partial charge is 0.507 e. The third-order valence-corrected chi connectivity index (χ3v) is 4.82. The van der Waals surface area contributed by atoms with E-state index >= 15 is 0 Å². The number of aromatic hydroxyl groups is 2. The van der Waals surface area contributed by atoms with Crippen molar-refractivity contribution in [2.75, 3.05) is 27.4 Å². The van der Waals surface area contributed by atoms with E-state index in [1.165, 1.54) is 38.8 Å². The molecule has 12 heteroatoms. The number of phenols is 2. The van der Waals surface area contributed by atoms with E-state index < -0.39 is 11.8 Å². The topological polar surface area (TPSA) is 160 Å². The molecule has 0 saturated heterocycles. The molecule has 3 aromatic rings. The third-order valence-electron chi connectivity index (χ3n) is 4.82. The summed E-state index contributed by atoms with van der Waals surface area (Å²) in [5.74, 6) is 0.814. The van der Waals surface area contributed by atoms with Crippen LogP contribution < -0.4 is 29.8 Å². The molecule has 0 bridgehead atoms. The van der Waals surface area contributed by atoms with Crippen LogP contribution in [0.1, 0.15) is 11.1 Å². The number of phenolic OH excluding ortho intramolecular Hbond substituents is 2. The smallest absolute Gasteiger partial charge is 0.277 e. The van der Waals surface area contributed by atoms with Gasteiger partial charge < -0.3 is 29.2 Å². The van der Waals surface area contributed by atoms with Gasteiger partial charge in [-0.3, -0.25) is 9.59 Å². The van der Waals surface area contributed by atoms with Crippen LogP contribution in [0.15, 0.2) is 70.9 Å². The highest BCUT2D eigenvalue weighted by Crippen LogP contribution is 2.22. The summed E-state index contributed by atoms with van der Waals surface area (Å²) in [5, 5.41) is 27.2. The first-order chi connectivity index (χ1) is 18.4. The molecule has 0 atom stereocenters. The Hall–Kier alpha value is -5.26. The Bertz CT molecular complexity index is 1210. The predicted molar refractivity (Wildman–Crippen MR) is 138 cm³/mol. The van der Waals surface area contributed by atoms with Crippen LogP contribution in [0.25, 0.3) is 0 Å². The minimum atomic E-state index is -0.511. The Labute approximate surface area is 218 Å². The zero-order valence-electron chi connectivity index (χ0n) is 20.6. The molecule has 0 radical (unpaired) electrons. The molecule has 0 heterocycles. The van der Waals surface area contributed by atoms with E-state index in [0.717, 1.165) is 0 Å². The van der Waals surface area contributed by atoms with Crippen molar-refractivity contribution in [2.45, 2.75) is 0 Å². The molecule has 0 saturated carbocycles. The van der Waals surface area contributed by atoms with Crippen LogP contribution in [0.4, 0.5) is 0 Å². The molecular formula is C26H26N4O8. The number of rotatable bonds is 12. The lowest BCUT2D eigenvalue weighted by molar-refractivity contribution is -0.123. The van der Waals surface area contributed by atoms with E-state index in [0.29, 0.717) is 34.1 Å². The summed E-state index contributed by atoms with van der Waals surface area (Å²) in [6.07, 6.45) is 2.57. The quantitative estimate of drug-likeness (QED) is 0.208. The molecule has 2 amide bonds. The molecule has 0 aliphatic rings. The van der Waals surface area contributed by atoms with Gasteiger partial charge in [-0.2, -0.15) is 10.2 Å². The minimum absolute atomic E-state index is 0.0129. The van der Waals surface area contributed by atoms with E-state index in [2.05, 4.69) is 21.1 Å². The van der Waals surface area contributed by atoms with Gasteiger partial charge in [-0.15, -0.1) is 0 Å². The molecule has 4 N–H and O–H groups in total. The first-order valence-electron chi connectivity index (χ1n) is 11.1. The second kappa shape index (κ2) is 13.7. The number of carbonyl (C=O) groups excluding carboxylic acids is 2. The highest BCUT2D eigenvalue weighted by Gasteiger charge is 2.06. The van der Waals surface area contributed by atoms with Crippen LogP contribution in [0.5, 0.6) is 34.5 Å². The maximum Gasteiger partial charge on any atom is 0.277 e. The van der Waals surface area contributed by atoms with E-state index in [4.69, 9.17) is 18.9 Å². The van der Waals surface area contributed by atoms with Crippen molar-refractivity contribution in [1.82, 2.24) is 10.9 Å². The summed E-state index contributed by atoms with van der Waals surface area (Å²) in [5.41, 5.74) is 5.34. The van der Waals surface area contributed by atoms with Crippen molar-refractivity contribution in [3.63, 3.8) is 0 Å². The zero-order chi connectivity index (χ0) is 27.3. The highest BCUT2D eigenvalue weighted by molar-refractivity contribution is 5.86. The monoisotopic (exact) mass is 522 g/mol. The summed E-state index contributed by atoms with van der Waals surface area (Å²) < 4.78 is 20.9. The molecule has 0 unspecified atom stereocenters. The standard InChI is InChI=1S/C26H26N4O8/c1-35-21-7-9-23(31)17(11-21)13-27-29-25(33)15-37-19-3-5-20(6-4-19)38-16-26(34)30-28-14-18-12-22(36-2)8-10-24(18)32/h3-14,31-32H,15-16H2,1-2H3,(H,29,33)(H,30,34). The first-order valence-corrected chi connectivity index (χ1v) is 11.1. The Balaban J connectivity index is 1.39. The number of hydrazone groups is 2. The third kappa shape index (κ3) is 8.45. The van der Waals surface area contributed by atoms with Crippen molar-refractivity contribution in [1.29, 1.82) is 0 Å². The molecule has 198 valence electrons. The SMILES string of the molecule is COc1ccc(O)c(C=NNC(=O)COc2ccc(OCC(=O)NN=Cc3cc(OC)ccc3O)cc2)c1. The number of ether oxygens (including phenoxy) is 4. The maximum absolute atomic E-state index is 11.9. The number of nitrogens with zero attached hydrogens (tertiary/aromatic N) is 2. The Kier molecular flexibility index (Phi) is 9.87. The normalized spacial score (nSPS) is 10.8. The van der Waals surface area contributed by atoms with Crippen LogP contribution in [0, 0.1) is 0 Å². The minimum Gasteiger partial charge on any atom is -0.507 e. The van der Waals surface area contributed by atoms with Gasteiger partial charge in [0.25, 0.3) is 11.8 Å². The molecule has 0 spiro atoms. The van der Waals surface area contributed by atoms with Crippen molar-refractivity contribution < 1.29 is 38.7 Å². The number of nitrogens with one attached hydrogen (secondary N) is 2. The van der Waals surface area contributed by atoms with Gasteiger partial charge in [0.05, 0.1) is 26.6 Å². The summed E-state index contributed by atoms with van der Waals surface area (Å²) in [6.45, 7) is -0.601. The summed E-state index contributed by atoms with van der Waals surface area (Å²) in [6, 6.07) is 15.5. The van der Waals surface area contributed by atoms with Crippen LogP contribution in [-0.2, 0) is 9.59 Å². The number of hydrogen-bond acceptors (Lipinski definition) is 10. The first kappa shape index (κ1) is 27.3. The lowest BCUT2D eigenvalue weighted by Gasteiger charge is -2.08. The molecule has 3 aromatic carbocycles. The fourth-order valence-electron chi connectivity index (χ4n) is 2.87. The van der Waals surface area contributed by atoms with Crippen LogP contribution in [-0.4, -0.2) is 61.9 Å². The number of benzene rings is 3. The predicted octanol–water partition coefficient (Wildman–Crippen LogP) is 2.17. The molecule has 0 aromatic heterocycles. The van der Waals surface area contributed by atoms with Gasteiger partial charge in [0, 0.05) is 11.1 Å². The van der Waals surface area contributed by atoms with Gasteiger partial charge in [-0.25, -0.2) is 10.9 Å². The lowest BCUT2D eigenvalue weighted by atomic mass is 10.2. The van der Waals surface area contributed by atoms with E-state index in [-0.39, 0.29) is 24.7 Å². The van der Waals surface area contributed by atoms with Crippen LogP contribution in [0.2, 0.25) is 0 Å². The summed E-state index contributed by atoms with van der Waals surface area (Å²) >= 11 is 0. The van der Waals surface area contributed by atoms with Gasteiger partial charge in [0.1, 0.15) is 34.5 Å². The second-order valence-electron chi connectivity index (χ2n) is 7.48. The average molecular weight is 523 g/mol. The fraction of sp³-hybridized carbons (Fsp3) is 0.154. The lowest BCUT2D eigenvalue weighted by Crippen LogP contribution is -2.25. The Morgan fingerprint density at radius 2 is 1.05 bits per heavy atom. The van der Waals surface area contributed by atoms with Gasteiger partial charge in [-0.1, -0.05) is 0 Å². The van der Waals surface area contributed by atoms with Gasteiger partial charge in [0.15, 0.2) is 13.2 Å². The van der Waals surface area contributed by atoms with Crippen molar-refractivity contribution in [2.24, 2.45) is 10.2 Å². The van der Waals surface area contributed by atoms with Gasteiger partial charge in [-0.05, 0) is 60.7 Å². The molecule has 3 rings (SSSR count). The van der Waals surface area contributed by atoms with Crippen molar-refractivity contribution in [3.05, 3.63) is 71.8 Å². The van der Waals surface area contributed by atoms with Gasteiger partial charge >= 0.3 is 0 Å². The van der Waals surface area contributed by atoms with E-state index in [1.54, 1.807) is 48.5 Å². The summed E-state index contributed by atoms with van der Waals surface area (Å²) in [4.78, 5) is 23.9. The van der Waals surface area contributed by atoms with E-state index in [9.17, 15) is 19.8 Å². The molecule has 0 aliphatic carbocycles. The molecule has 0 fully saturated rings. The van der Waals surface area contributed by atoms with E-state index in [1.807, 2.05) is 0 Å². The number of amides is 2. The summed E-state index contributed by atoms with van der Waals surface area (Å²) in [7, 11) is 2.99. The molecule has 38 heavy (non-hydrogen) atoms. The number of hydrogen-bond donors (Lipinski definition) is 4. The molecule has 12 nitrogen and oxygen atoms in total. The Morgan fingerprint density at radius 3 is 1.42 bits per heavy atom. The Morgan fingerprint density at radius 1 is 0.684 bits per heavy atom. The number of methoxy groups -OCH3 is 2. The maximum atomic E-state index is 11.9. The highest BCUT2D eigenvalue weighted by atomic mass is 16.5. The molecule has 0 aliphatic heterocycles. The zero-order valence-corrected chi connectivity index (χ0v) is 20.6. The second-order valence-corrected chi connectivity index (χ2v) is 7.48. The van der Waals surface area contributed by atoms with Crippen molar-refractivity contribution in [3.8, 4) is 34.5 Å². The fourth-order valence-corrected chi connectivity index (χ4v) is 2.87. The molecular weight excluding hydrogens is 496 g/mol. The van der Waals surface area contributed by atoms with Crippen LogP contribution in [0.3, 0.4) is 0 Å². The van der Waals surface area contributed by atoms with Crippen LogP contribution >= 0.6 is 0 Å². The average Bonchev–Trinajstić information content (AvgIpc) is 2.93.